The zero-order valence-corrected chi connectivity index (χ0v) is 11.5. The van der Waals surface area contributed by atoms with Crippen molar-refractivity contribution in [2.24, 2.45) is 5.92 Å². The molecule has 0 amide bonds. The van der Waals surface area contributed by atoms with E-state index < -0.39 is 17.9 Å². The smallest absolute Gasteiger partial charge is 0.336 e. The molecule has 1 unspecified atom stereocenters. The number of methoxy groups -OCH3 is 1. The Hall–Kier alpha value is -1.49. The Morgan fingerprint density at radius 3 is 2.22 bits per heavy atom. The summed E-state index contributed by atoms with van der Waals surface area (Å²) in [7, 11) is 2.97. The Bertz CT molecular complexity index is 453. The van der Waals surface area contributed by atoms with Gasteiger partial charge in [-0.2, -0.15) is 0 Å². The van der Waals surface area contributed by atoms with Crippen molar-refractivity contribution in [1.29, 1.82) is 0 Å². The lowest BCUT2D eigenvalue weighted by molar-refractivity contribution is -0.137. The predicted octanol–water partition coefficient (Wildman–Crippen LogP) is 1.59. The van der Waals surface area contributed by atoms with Gasteiger partial charge in [0, 0.05) is 30.2 Å². The summed E-state index contributed by atoms with van der Waals surface area (Å²) >= 11 is 5.84. The number of aliphatic carboxylic acids is 1. The lowest BCUT2D eigenvalue weighted by atomic mass is 9.86. The van der Waals surface area contributed by atoms with Gasteiger partial charge in [0.1, 0.15) is 0 Å². The van der Waals surface area contributed by atoms with Crippen molar-refractivity contribution in [2.45, 2.75) is 13.8 Å². The topological polar surface area (TPSA) is 66.8 Å². The monoisotopic (exact) mass is 273 g/mol. The highest BCUT2D eigenvalue weighted by Crippen LogP contribution is 2.35. The van der Waals surface area contributed by atoms with Crippen LogP contribution in [0.4, 0.5) is 0 Å². The highest BCUT2D eigenvalue weighted by molar-refractivity contribution is 6.19. The maximum atomic E-state index is 11.8. The number of carboxylic acids is 1. The second kappa shape index (κ2) is 5.44. The SMILES string of the molecule is COC(=O)C1=C(C)N(C)C(C)=C(C(=O)O)C1CCl. The summed E-state index contributed by atoms with van der Waals surface area (Å²) in [4.78, 5) is 24.8. The molecule has 5 nitrogen and oxygen atoms in total. The number of hydrogen-bond acceptors (Lipinski definition) is 4. The van der Waals surface area contributed by atoms with E-state index in [1.807, 2.05) is 0 Å². The molecule has 1 rings (SSSR count). The van der Waals surface area contributed by atoms with Crippen LogP contribution < -0.4 is 0 Å². The lowest BCUT2D eigenvalue weighted by Crippen LogP contribution is -2.34. The number of carboxylic acid groups (broad SMARTS) is 1. The number of ether oxygens (including phenoxy) is 1. The first kappa shape index (κ1) is 14.6. The van der Waals surface area contributed by atoms with Crippen molar-refractivity contribution in [3.05, 3.63) is 22.5 Å². The number of nitrogens with zero attached hydrogens (tertiary/aromatic N) is 1. The third-order valence-electron chi connectivity index (χ3n) is 3.27. The van der Waals surface area contributed by atoms with Crippen LogP contribution in [0.3, 0.4) is 0 Å². The van der Waals surface area contributed by atoms with Crippen LogP contribution in [0.1, 0.15) is 13.8 Å². The summed E-state index contributed by atoms with van der Waals surface area (Å²) in [5.41, 5.74) is 1.69. The summed E-state index contributed by atoms with van der Waals surface area (Å²) in [6.07, 6.45) is 0. The molecular formula is C12H16ClNO4. The first-order chi connectivity index (χ1) is 8.36. The van der Waals surface area contributed by atoms with Crippen molar-refractivity contribution < 1.29 is 19.4 Å². The summed E-state index contributed by atoms with van der Waals surface area (Å²) in [5.74, 6) is -2.24. The van der Waals surface area contributed by atoms with E-state index in [2.05, 4.69) is 0 Å². The zero-order valence-electron chi connectivity index (χ0n) is 10.8. The Balaban J connectivity index is 3.42. The number of carbonyl (C=O) groups is 2. The average molecular weight is 274 g/mol. The summed E-state index contributed by atoms with van der Waals surface area (Å²) in [5, 5.41) is 9.27. The van der Waals surface area contributed by atoms with E-state index >= 15 is 0 Å². The fraction of sp³-hybridized carbons (Fsp3) is 0.500. The lowest BCUT2D eigenvalue weighted by Gasteiger charge is -2.33. The van der Waals surface area contributed by atoms with Gasteiger partial charge in [0.2, 0.25) is 0 Å². The van der Waals surface area contributed by atoms with Gasteiger partial charge in [-0.1, -0.05) is 0 Å². The Morgan fingerprint density at radius 2 is 1.83 bits per heavy atom. The molecule has 0 saturated heterocycles. The Kier molecular flexibility index (Phi) is 4.40. The minimum atomic E-state index is -1.07. The standard InChI is InChI=1S/C12H16ClNO4/c1-6-9(11(15)16)8(5-13)10(12(17)18-4)7(2)14(6)3/h8H,5H2,1-4H3,(H,15,16). The van der Waals surface area contributed by atoms with Crippen LogP contribution in [0.5, 0.6) is 0 Å². The Morgan fingerprint density at radius 1 is 1.33 bits per heavy atom. The molecule has 1 heterocycles. The second-order valence-electron chi connectivity index (χ2n) is 4.06. The van der Waals surface area contributed by atoms with Gasteiger partial charge in [0.15, 0.2) is 0 Å². The van der Waals surface area contributed by atoms with Gasteiger partial charge in [-0.25, -0.2) is 9.59 Å². The molecule has 6 heteroatoms. The molecule has 0 fully saturated rings. The molecule has 18 heavy (non-hydrogen) atoms. The van der Waals surface area contributed by atoms with Crippen LogP contribution in [0, 0.1) is 5.92 Å². The fourth-order valence-corrected chi connectivity index (χ4v) is 2.43. The van der Waals surface area contributed by atoms with Crippen molar-refractivity contribution in [3.63, 3.8) is 0 Å². The van der Waals surface area contributed by atoms with E-state index in [1.165, 1.54) is 7.11 Å². The largest absolute Gasteiger partial charge is 0.478 e. The predicted molar refractivity (Wildman–Crippen MR) is 67.0 cm³/mol. The number of hydrogen-bond donors (Lipinski definition) is 1. The van der Waals surface area contributed by atoms with Crippen molar-refractivity contribution >= 4 is 23.5 Å². The van der Waals surface area contributed by atoms with Gasteiger partial charge in [-0.15, -0.1) is 11.6 Å². The van der Waals surface area contributed by atoms with Crippen LogP contribution in [0.15, 0.2) is 22.5 Å². The number of rotatable bonds is 3. The molecular weight excluding hydrogens is 258 g/mol. The molecule has 0 saturated carbocycles. The Labute approximate surface area is 111 Å². The van der Waals surface area contributed by atoms with Gasteiger partial charge in [-0.05, 0) is 13.8 Å². The van der Waals surface area contributed by atoms with Crippen LogP contribution in [-0.4, -0.2) is 42.0 Å². The van der Waals surface area contributed by atoms with Gasteiger partial charge in [0.25, 0.3) is 0 Å². The number of carbonyl (C=O) groups excluding carboxylic acids is 1. The third kappa shape index (κ3) is 2.22. The van der Waals surface area contributed by atoms with Gasteiger partial charge in [-0.3, -0.25) is 0 Å². The second-order valence-corrected chi connectivity index (χ2v) is 4.37. The molecule has 100 valence electrons. The number of alkyl halides is 1. The van der Waals surface area contributed by atoms with Crippen molar-refractivity contribution in [3.8, 4) is 0 Å². The van der Waals surface area contributed by atoms with E-state index in [0.29, 0.717) is 17.0 Å². The molecule has 0 aliphatic carbocycles. The van der Waals surface area contributed by atoms with Crippen LogP contribution in [0.2, 0.25) is 0 Å². The van der Waals surface area contributed by atoms with E-state index in [9.17, 15) is 14.7 Å². The number of allylic oxidation sites excluding steroid dienone is 2. The molecule has 0 aromatic heterocycles. The molecule has 0 aromatic rings. The maximum absolute atomic E-state index is 11.8. The average Bonchev–Trinajstić information content (AvgIpc) is 2.33. The van der Waals surface area contributed by atoms with Crippen LogP contribution in [-0.2, 0) is 14.3 Å². The molecule has 1 atom stereocenters. The molecule has 0 aromatic carbocycles. The van der Waals surface area contributed by atoms with Crippen LogP contribution >= 0.6 is 11.6 Å². The molecule has 1 aliphatic rings. The molecule has 0 bridgehead atoms. The van der Waals surface area contributed by atoms with Crippen molar-refractivity contribution in [2.75, 3.05) is 20.0 Å². The minimum Gasteiger partial charge on any atom is -0.478 e. The van der Waals surface area contributed by atoms with E-state index in [0.717, 1.165) is 0 Å². The quantitative estimate of drug-likeness (QED) is 0.625. The summed E-state index contributed by atoms with van der Waals surface area (Å²) in [6.45, 7) is 3.44. The first-order valence-corrected chi connectivity index (χ1v) is 5.93. The van der Waals surface area contributed by atoms with Gasteiger partial charge >= 0.3 is 11.9 Å². The first-order valence-electron chi connectivity index (χ1n) is 5.39. The van der Waals surface area contributed by atoms with E-state index in [-0.39, 0.29) is 11.5 Å². The zero-order chi connectivity index (χ0) is 14.0. The summed E-state index contributed by atoms with van der Waals surface area (Å²) < 4.78 is 4.71. The highest BCUT2D eigenvalue weighted by atomic mass is 35.5. The molecule has 0 radical (unpaired) electrons. The normalized spacial score (nSPS) is 20.3. The number of halogens is 1. The highest BCUT2D eigenvalue weighted by Gasteiger charge is 2.37. The third-order valence-corrected chi connectivity index (χ3v) is 3.58. The molecule has 0 spiro atoms. The molecule has 1 aliphatic heterocycles. The van der Waals surface area contributed by atoms with E-state index in [1.54, 1.807) is 25.8 Å². The van der Waals surface area contributed by atoms with Gasteiger partial charge in [0.05, 0.1) is 18.3 Å². The number of esters is 1. The van der Waals surface area contributed by atoms with Crippen LogP contribution in [0.25, 0.3) is 0 Å². The molecule has 1 N–H and O–H groups in total. The minimum absolute atomic E-state index is 0.0224. The van der Waals surface area contributed by atoms with Gasteiger partial charge < -0.3 is 14.7 Å². The fourth-order valence-electron chi connectivity index (χ4n) is 2.12. The summed E-state index contributed by atoms with van der Waals surface area (Å²) in [6, 6.07) is 0. The van der Waals surface area contributed by atoms with Crippen molar-refractivity contribution in [1.82, 2.24) is 4.90 Å². The van der Waals surface area contributed by atoms with E-state index in [4.69, 9.17) is 16.3 Å². The maximum Gasteiger partial charge on any atom is 0.336 e.